The van der Waals surface area contributed by atoms with Crippen molar-refractivity contribution >= 4 is 63.1 Å². The number of nitrogens with one attached hydrogen (secondary N) is 2. The summed E-state index contributed by atoms with van der Waals surface area (Å²) >= 11 is 13.4. The number of benzene rings is 2. The van der Waals surface area contributed by atoms with Gasteiger partial charge in [0.05, 0.1) is 17.3 Å². The topological polar surface area (TPSA) is 50.4 Å². The summed E-state index contributed by atoms with van der Waals surface area (Å²) in [6, 6.07) is 12.4. The predicted molar refractivity (Wildman–Crippen MR) is 105 cm³/mol. The quantitative estimate of drug-likeness (QED) is 0.522. The Hall–Kier alpha value is -1.38. The Morgan fingerprint density at radius 3 is 2.57 bits per heavy atom. The first-order valence-electron chi connectivity index (χ1n) is 6.80. The molecule has 0 bridgehead atoms. The number of halogens is 2. The molecule has 0 spiro atoms. The highest BCUT2D eigenvalue weighted by Crippen LogP contribution is 2.23. The molecule has 0 unspecified atom stereocenters. The van der Waals surface area contributed by atoms with Gasteiger partial charge in [-0.15, -0.1) is 0 Å². The van der Waals surface area contributed by atoms with Crippen LogP contribution in [0.25, 0.3) is 0 Å². The fourth-order valence-corrected chi connectivity index (χ4v) is 2.89. The minimum atomic E-state index is -0.299. The SMILES string of the molecule is CCOc1ccc(C(=O)NC(=S)Nc2ccc(I)cc2Cl)cc1. The largest absolute Gasteiger partial charge is 0.494 e. The van der Waals surface area contributed by atoms with E-state index in [2.05, 4.69) is 33.2 Å². The van der Waals surface area contributed by atoms with Gasteiger partial charge in [-0.25, -0.2) is 0 Å². The molecule has 0 aliphatic heterocycles. The first-order valence-corrected chi connectivity index (χ1v) is 8.66. The zero-order valence-corrected chi connectivity index (χ0v) is 16.0. The highest BCUT2D eigenvalue weighted by molar-refractivity contribution is 14.1. The molecule has 0 saturated carbocycles. The first-order chi connectivity index (χ1) is 11.0. The van der Waals surface area contributed by atoms with Gasteiger partial charge in [0.15, 0.2) is 5.11 Å². The van der Waals surface area contributed by atoms with E-state index in [0.29, 0.717) is 22.9 Å². The second-order valence-corrected chi connectivity index (χ2v) is 6.55. The van der Waals surface area contributed by atoms with Gasteiger partial charge >= 0.3 is 0 Å². The highest BCUT2D eigenvalue weighted by Gasteiger charge is 2.09. The molecule has 0 fully saturated rings. The Morgan fingerprint density at radius 2 is 1.96 bits per heavy atom. The lowest BCUT2D eigenvalue weighted by molar-refractivity contribution is 0.0977. The summed E-state index contributed by atoms with van der Waals surface area (Å²) in [7, 11) is 0. The van der Waals surface area contributed by atoms with Crippen molar-refractivity contribution in [3.05, 3.63) is 56.6 Å². The Labute approximate surface area is 158 Å². The molecular formula is C16H14ClIN2O2S. The van der Waals surface area contributed by atoms with Crippen LogP contribution in [0.3, 0.4) is 0 Å². The first kappa shape index (κ1) is 18.0. The van der Waals surface area contributed by atoms with E-state index in [9.17, 15) is 4.79 Å². The number of thiocarbonyl (C=S) groups is 1. The fraction of sp³-hybridized carbons (Fsp3) is 0.125. The van der Waals surface area contributed by atoms with E-state index in [1.54, 1.807) is 36.4 Å². The maximum Gasteiger partial charge on any atom is 0.257 e. The number of ether oxygens (including phenoxy) is 1. The Balaban J connectivity index is 1.97. The van der Waals surface area contributed by atoms with Gasteiger partial charge in [-0.3, -0.25) is 10.1 Å². The summed E-state index contributed by atoms with van der Waals surface area (Å²) in [5, 5.41) is 6.25. The third kappa shape index (κ3) is 5.33. The maximum atomic E-state index is 12.1. The molecule has 7 heteroatoms. The molecule has 4 nitrogen and oxygen atoms in total. The lowest BCUT2D eigenvalue weighted by atomic mass is 10.2. The molecule has 120 valence electrons. The van der Waals surface area contributed by atoms with Crippen LogP contribution in [0, 0.1) is 3.57 Å². The lowest BCUT2D eigenvalue weighted by Gasteiger charge is -2.11. The molecule has 2 N–H and O–H groups in total. The van der Waals surface area contributed by atoms with Crippen LogP contribution in [0.1, 0.15) is 17.3 Å². The molecule has 0 atom stereocenters. The minimum Gasteiger partial charge on any atom is -0.494 e. The van der Waals surface area contributed by atoms with Crippen molar-refractivity contribution in [2.45, 2.75) is 6.92 Å². The van der Waals surface area contributed by atoms with E-state index >= 15 is 0 Å². The number of anilines is 1. The van der Waals surface area contributed by atoms with Crippen molar-refractivity contribution in [3.8, 4) is 5.75 Å². The van der Waals surface area contributed by atoms with Crippen molar-refractivity contribution in [2.75, 3.05) is 11.9 Å². The van der Waals surface area contributed by atoms with Gasteiger partial charge in [-0.05, 0) is 84.2 Å². The number of hydrogen-bond acceptors (Lipinski definition) is 3. The minimum absolute atomic E-state index is 0.187. The fourth-order valence-electron chi connectivity index (χ4n) is 1.79. The van der Waals surface area contributed by atoms with Crippen molar-refractivity contribution in [2.24, 2.45) is 0 Å². The molecule has 2 aromatic rings. The van der Waals surface area contributed by atoms with E-state index in [4.69, 9.17) is 28.6 Å². The average Bonchev–Trinajstić information content (AvgIpc) is 2.51. The molecule has 0 heterocycles. The van der Waals surface area contributed by atoms with E-state index in [1.807, 2.05) is 13.0 Å². The molecule has 2 rings (SSSR count). The number of rotatable bonds is 4. The van der Waals surface area contributed by atoms with Crippen LogP contribution >= 0.6 is 46.4 Å². The van der Waals surface area contributed by atoms with Gasteiger partial charge in [0, 0.05) is 9.13 Å². The van der Waals surface area contributed by atoms with Crippen LogP contribution in [0.4, 0.5) is 5.69 Å². The normalized spacial score (nSPS) is 10.0. The van der Waals surface area contributed by atoms with Crippen LogP contribution in [-0.4, -0.2) is 17.6 Å². The van der Waals surface area contributed by atoms with E-state index in [1.165, 1.54) is 0 Å². The second-order valence-electron chi connectivity index (χ2n) is 4.49. The molecular weight excluding hydrogens is 447 g/mol. The molecule has 2 aromatic carbocycles. The van der Waals surface area contributed by atoms with Crippen molar-refractivity contribution in [1.29, 1.82) is 0 Å². The zero-order valence-electron chi connectivity index (χ0n) is 12.2. The summed E-state index contributed by atoms with van der Waals surface area (Å²) in [5.41, 5.74) is 1.13. The van der Waals surface area contributed by atoms with Gasteiger partial charge in [-0.1, -0.05) is 11.6 Å². The molecule has 0 aliphatic carbocycles. The van der Waals surface area contributed by atoms with E-state index in [0.717, 1.165) is 9.32 Å². The van der Waals surface area contributed by atoms with E-state index < -0.39 is 0 Å². The molecule has 0 aliphatic rings. The smallest absolute Gasteiger partial charge is 0.257 e. The summed E-state index contributed by atoms with van der Waals surface area (Å²) in [5.74, 6) is 0.419. The van der Waals surface area contributed by atoms with Gasteiger partial charge in [0.25, 0.3) is 5.91 Å². The summed E-state index contributed by atoms with van der Waals surface area (Å²) < 4.78 is 6.35. The van der Waals surface area contributed by atoms with Gasteiger partial charge in [0.2, 0.25) is 0 Å². The Bertz CT molecular complexity index is 723. The third-order valence-electron chi connectivity index (χ3n) is 2.83. The molecule has 0 radical (unpaired) electrons. The Morgan fingerprint density at radius 1 is 1.26 bits per heavy atom. The Kier molecular flexibility index (Phi) is 6.61. The number of carbonyl (C=O) groups excluding carboxylic acids is 1. The predicted octanol–water partition coefficient (Wildman–Crippen LogP) is 4.47. The molecule has 23 heavy (non-hydrogen) atoms. The van der Waals surface area contributed by atoms with Crippen molar-refractivity contribution < 1.29 is 9.53 Å². The van der Waals surface area contributed by atoms with Crippen LogP contribution in [0.5, 0.6) is 5.75 Å². The molecule has 1 amide bonds. The zero-order chi connectivity index (χ0) is 16.8. The number of amides is 1. The summed E-state index contributed by atoms with van der Waals surface area (Å²) in [6.07, 6.45) is 0. The van der Waals surface area contributed by atoms with Crippen LogP contribution in [0.2, 0.25) is 5.02 Å². The van der Waals surface area contributed by atoms with Crippen LogP contribution in [-0.2, 0) is 0 Å². The molecule has 0 aromatic heterocycles. The monoisotopic (exact) mass is 460 g/mol. The van der Waals surface area contributed by atoms with Crippen molar-refractivity contribution in [3.63, 3.8) is 0 Å². The number of carbonyl (C=O) groups is 1. The molecule has 0 saturated heterocycles. The lowest BCUT2D eigenvalue weighted by Crippen LogP contribution is -2.34. The third-order valence-corrected chi connectivity index (χ3v) is 4.02. The van der Waals surface area contributed by atoms with Gasteiger partial charge in [0.1, 0.15) is 5.75 Å². The van der Waals surface area contributed by atoms with Crippen LogP contribution in [0.15, 0.2) is 42.5 Å². The summed E-state index contributed by atoms with van der Waals surface area (Å²) in [6.45, 7) is 2.48. The second kappa shape index (κ2) is 8.47. The standard InChI is InChI=1S/C16H14ClIN2O2S/c1-2-22-12-6-3-10(4-7-12)15(21)20-16(23)19-14-8-5-11(18)9-13(14)17/h3-9H,2H2,1H3,(H2,19,20,21,23). The van der Waals surface area contributed by atoms with Gasteiger partial charge < -0.3 is 10.1 Å². The average molecular weight is 461 g/mol. The van der Waals surface area contributed by atoms with Gasteiger partial charge in [-0.2, -0.15) is 0 Å². The highest BCUT2D eigenvalue weighted by atomic mass is 127. The number of hydrogen-bond donors (Lipinski definition) is 2. The van der Waals surface area contributed by atoms with Crippen molar-refractivity contribution in [1.82, 2.24) is 5.32 Å². The van der Waals surface area contributed by atoms with Crippen LogP contribution < -0.4 is 15.4 Å². The summed E-state index contributed by atoms with van der Waals surface area (Å²) in [4.78, 5) is 12.1. The van der Waals surface area contributed by atoms with E-state index in [-0.39, 0.29) is 11.0 Å². The maximum absolute atomic E-state index is 12.1.